The molecule has 69 heavy (non-hydrogen) atoms. The van der Waals surface area contributed by atoms with Gasteiger partial charge in [-0.05, 0) is 103 Å². The second-order valence-electron chi connectivity index (χ2n) is 19.9. The number of carbonyl (C=O) groups is 3. The van der Waals surface area contributed by atoms with Gasteiger partial charge in [-0.25, -0.2) is 0 Å². The van der Waals surface area contributed by atoms with Crippen LogP contribution in [0.4, 0.5) is 0 Å². The van der Waals surface area contributed by atoms with E-state index in [1.165, 1.54) is 173 Å². The Balaban J connectivity index is 4.35. The fourth-order valence-electron chi connectivity index (χ4n) is 8.45. The number of carbonyl (C=O) groups excluding carboxylic acids is 3. The van der Waals surface area contributed by atoms with Crippen LogP contribution < -0.4 is 0 Å². The number of allylic oxidation sites excluding steroid dienone is 10. The van der Waals surface area contributed by atoms with Crippen molar-refractivity contribution in [2.24, 2.45) is 0 Å². The Morgan fingerprint density at radius 2 is 0.551 bits per heavy atom. The van der Waals surface area contributed by atoms with E-state index in [2.05, 4.69) is 81.5 Å². The van der Waals surface area contributed by atoms with Gasteiger partial charge < -0.3 is 14.2 Å². The molecule has 0 aromatic rings. The molecule has 0 bridgehead atoms. The van der Waals surface area contributed by atoms with E-state index in [1.807, 2.05) is 0 Å². The van der Waals surface area contributed by atoms with Gasteiger partial charge in [0.1, 0.15) is 13.2 Å². The normalized spacial score (nSPS) is 12.4. The van der Waals surface area contributed by atoms with Crippen molar-refractivity contribution in [3.63, 3.8) is 0 Å². The lowest BCUT2D eigenvalue weighted by Gasteiger charge is -2.18. The molecule has 0 aromatic carbocycles. The fraction of sp³-hybridized carbons (Fsp3) is 0.794. The number of ether oxygens (including phenoxy) is 3. The summed E-state index contributed by atoms with van der Waals surface area (Å²) in [7, 11) is 0. The molecule has 1 atom stereocenters. The van der Waals surface area contributed by atoms with Crippen LogP contribution in [0.1, 0.15) is 303 Å². The molecule has 0 spiro atoms. The van der Waals surface area contributed by atoms with Crippen molar-refractivity contribution in [1.29, 1.82) is 0 Å². The Kier molecular flexibility index (Phi) is 55.3. The highest BCUT2D eigenvalue weighted by atomic mass is 16.6. The van der Waals surface area contributed by atoms with E-state index in [9.17, 15) is 14.4 Å². The quantitative estimate of drug-likeness (QED) is 0.0262. The summed E-state index contributed by atoms with van der Waals surface area (Å²) < 4.78 is 16.9. The van der Waals surface area contributed by atoms with Gasteiger partial charge in [-0.1, -0.05) is 242 Å². The number of unbranched alkanes of at least 4 members (excludes halogenated alkanes) is 33. The van der Waals surface area contributed by atoms with Crippen LogP contribution >= 0.6 is 0 Å². The van der Waals surface area contributed by atoms with Crippen molar-refractivity contribution < 1.29 is 28.6 Å². The van der Waals surface area contributed by atoms with Gasteiger partial charge in [-0.15, -0.1) is 0 Å². The number of esters is 3. The highest BCUT2D eigenvalue weighted by Gasteiger charge is 2.19. The maximum absolute atomic E-state index is 12.9. The maximum atomic E-state index is 12.9. The van der Waals surface area contributed by atoms with Gasteiger partial charge in [0.05, 0.1) is 0 Å². The second-order valence-corrected chi connectivity index (χ2v) is 19.9. The van der Waals surface area contributed by atoms with Gasteiger partial charge in [-0.2, -0.15) is 0 Å². The van der Waals surface area contributed by atoms with E-state index >= 15 is 0 Å². The summed E-state index contributed by atoms with van der Waals surface area (Å²) in [5.74, 6) is -0.893. The van der Waals surface area contributed by atoms with Gasteiger partial charge in [0.25, 0.3) is 0 Å². The van der Waals surface area contributed by atoms with Crippen LogP contribution in [0.5, 0.6) is 0 Å². The molecule has 0 rings (SSSR count). The first kappa shape index (κ1) is 66.1. The zero-order valence-corrected chi connectivity index (χ0v) is 45.8. The third-order valence-electron chi connectivity index (χ3n) is 12.9. The van der Waals surface area contributed by atoms with Crippen LogP contribution in [0.15, 0.2) is 60.8 Å². The number of hydrogen-bond donors (Lipinski definition) is 0. The van der Waals surface area contributed by atoms with Crippen LogP contribution in [0, 0.1) is 0 Å². The van der Waals surface area contributed by atoms with Crippen molar-refractivity contribution in [2.75, 3.05) is 13.2 Å². The SMILES string of the molecule is CCC/C=C\C/C=C\CCCCCCCC(=O)OCC(COC(=O)CCCCCCCCCCC/C=C\C/C=C\CCCCCCC)OC(=O)CCCCCCCCC/C=C\CCCCCCCC. The molecule has 0 saturated heterocycles. The van der Waals surface area contributed by atoms with Gasteiger partial charge in [-0.3, -0.25) is 14.4 Å². The largest absolute Gasteiger partial charge is 0.462 e. The van der Waals surface area contributed by atoms with Gasteiger partial charge >= 0.3 is 17.9 Å². The van der Waals surface area contributed by atoms with Crippen molar-refractivity contribution in [3.05, 3.63) is 60.8 Å². The predicted molar refractivity (Wildman–Crippen MR) is 298 cm³/mol. The molecule has 0 radical (unpaired) electrons. The lowest BCUT2D eigenvalue weighted by molar-refractivity contribution is -0.167. The van der Waals surface area contributed by atoms with Crippen LogP contribution in [0.3, 0.4) is 0 Å². The first-order valence-electron chi connectivity index (χ1n) is 29.8. The Hall–Kier alpha value is -2.89. The van der Waals surface area contributed by atoms with Gasteiger partial charge in [0.15, 0.2) is 6.10 Å². The van der Waals surface area contributed by atoms with E-state index in [1.54, 1.807) is 0 Å². The van der Waals surface area contributed by atoms with Crippen molar-refractivity contribution >= 4 is 17.9 Å². The molecule has 400 valence electrons. The summed E-state index contributed by atoms with van der Waals surface area (Å²) in [6.45, 7) is 6.57. The summed E-state index contributed by atoms with van der Waals surface area (Å²) >= 11 is 0. The minimum Gasteiger partial charge on any atom is -0.462 e. The number of rotatable bonds is 54. The standard InChI is InChI=1S/C63H112O6/c1-4-7-10-13-16-19-22-25-27-29-30-31-32-34-35-38-41-44-47-50-53-56-62(65)68-59-60(58-67-61(64)55-52-49-46-43-40-37-24-21-18-15-12-9-6-3)69-63(66)57-54-51-48-45-42-39-36-33-28-26-23-20-17-14-11-8-5-2/h12,15,21-22,24-26,28-30,60H,4-11,13-14,16-20,23,27,31-59H2,1-3H3/b15-12-,24-21-,25-22-,28-26-,30-29-. The van der Waals surface area contributed by atoms with Crippen LogP contribution in [0.25, 0.3) is 0 Å². The van der Waals surface area contributed by atoms with E-state index < -0.39 is 6.10 Å². The highest BCUT2D eigenvalue weighted by Crippen LogP contribution is 2.15. The second kappa shape index (κ2) is 57.7. The number of hydrogen-bond acceptors (Lipinski definition) is 6. The Bertz CT molecular complexity index is 1250. The molecule has 6 heteroatoms. The smallest absolute Gasteiger partial charge is 0.306 e. The van der Waals surface area contributed by atoms with Crippen molar-refractivity contribution in [2.45, 2.75) is 309 Å². The van der Waals surface area contributed by atoms with E-state index in [0.29, 0.717) is 19.3 Å². The van der Waals surface area contributed by atoms with E-state index in [-0.39, 0.29) is 31.1 Å². The molecule has 0 aromatic heterocycles. The third kappa shape index (κ3) is 55.9. The van der Waals surface area contributed by atoms with Crippen LogP contribution in [0.2, 0.25) is 0 Å². The minimum absolute atomic E-state index is 0.0817. The molecule has 0 aliphatic carbocycles. The lowest BCUT2D eigenvalue weighted by atomic mass is 10.1. The molecule has 0 heterocycles. The van der Waals surface area contributed by atoms with Crippen LogP contribution in [-0.2, 0) is 28.6 Å². The monoisotopic (exact) mass is 965 g/mol. The fourth-order valence-corrected chi connectivity index (χ4v) is 8.45. The Labute approximate surface area is 428 Å². The Morgan fingerprint density at radius 1 is 0.290 bits per heavy atom. The summed E-state index contributed by atoms with van der Waals surface area (Å²) in [5, 5.41) is 0. The zero-order valence-electron chi connectivity index (χ0n) is 45.8. The summed E-state index contributed by atoms with van der Waals surface area (Å²) in [4.78, 5) is 38.2. The summed E-state index contributed by atoms with van der Waals surface area (Å²) in [6, 6.07) is 0. The molecule has 6 nitrogen and oxygen atoms in total. The zero-order chi connectivity index (χ0) is 50.0. The molecule has 0 aliphatic rings. The molecule has 0 fully saturated rings. The molecule has 0 amide bonds. The van der Waals surface area contributed by atoms with Gasteiger partial charge in [0.2, 0.25) is 0 Å². The van der Waals surface area contributed by atoms with E-state index in [4.69, 9.17) is 14.2 Å². The molecular weight excluding hydrogens is 853 g/mol. The van der Waals surface area contributed by atoms with E-state index in [0.717, 1.165) is 89.9 Å². The summed E-state index contributed by atoms with van der Waals surface area (Å²) in [5.41, 5.74) is 0. The third-order valence-corrected chi connectivity index (χ3v) is 12.9. The maximum Gasteiger partial charge on any atom is 0.306 e. The highest BCUT2D eigenvalue weighted by molar-refractivity contribution is 5.71. The first-order valence-corrected chi connectivity index (χ1v) is 29.8. The molecule has 0 aliphatic heterocycles. The summed E-state index contributed by atoms with van der Waals surface area (Å²) in [6.07, 6.45) is 72.1. The Morgan fingerprint density at radius 3 is 0.870 bits per heavy atom. The molecular formula is C63H112O6. The van der Waals surface area contributed by atoms with Crippen molar-refractivity contribution in [3.8, 4) is 0 Å². The molecule has 0 saturated carbocycles. The average molecular weight is 966 g/mol. The average Bonchev–Trinajstić information content (AvgIpc) is 3.35. The van der Waals surface area contributed by atoms with Crippen molar-refractivity contribution in [1.82, 2.24) is 0 Å². The van der Waals surface area contributed by atoms with Gasteiger partial charge in [0, 0.05) is 19.3 Å². The first-order chi connectivity index (χ1) is 34.0. The molecule has 0 N–H and O–H groups in total. The predicted octanol–water partition coefficient (Wildman–Crippen LogP) is 20.0. The molecule has 1 unspecified atom stereocenters. The van der Waals surface area contributed by atoms with Crippen LogP contribution in [-0.4, -0.2) is 37.2 Å². The lowest BCUT2D eigenvalue weighted by Crippen LogP contribution is -2.30. The minimum atomic E-state index is -0.784. The topological polar surface area (TPSA) is 78.9 Å².